The molecule has 4 nitrogen and oxygen atoms in total. The van der Waals surface area contributed by atoms with E-state index < -0.39 is 12.7 Å². The topological polar surface area (TPSA) is 54.4 Å². The Labute approximate surface area is 121 Å². The Bertz CT molecular complexity index is 593. The van der Waals surface area contributed by atoms with Crippen molar-refractivity contribution in [3.05, 3.63) is 53.7 Å². The van der Waals surface area contributed by atoms with Crippen molar-refractivity contribution in [3.63, 3.8) is 0 Å². The van der Waals surface area contributed by atoms with Crippen LogP contribution in [0.5, 0.6) is 5.75 Å². The maximum atomic E-state index is 12.2. The van der Waals surface area contributed by atoms with Crippen LogP contribution in [0.2, 0.25) is 0 Å². The van der Waals surface area contributed by atoms with Crippen molar-refractivity contribution in [1.29, 1.82) is 0 Å². The first kappa shape index (κ1) is 15.2. The molecule has 0 spiro atoms. The quantitative estimate of drug-likeness (QED) is 0.859. The minimum absolute atomic E-state index is 0.0234. The summed E-state index contributed by atoms with van der Waals surface area (Å²) in [5.41, 5.74) is 1.36. The number of halogens is 2. The number of aromatic nitrogens is 1. The van der Waals surface area contributed by atoms with Crippen LogP contribution in [0.25, 0.3) is 0 Å². The molecule has 1 heterocycles. The van der Waals surface area contributed by atoms with Crippen molar-refractivity contribution in [1.82, 2.24) is 4.98 Å². The van der Waals surface area contributed by atoms with Gasteiger partial charge in [-0.25, -0.2) is 4.98 Å². The summed E-state index contributed by atoms with van der Waals surface area (Å²) in [7, 11) is 0. The van der Waals surface area contributed by atoms with Crippen LogP contribution in [-0.4, -0.2) is 23.2 Å². The molecule has 0 aliphatic carbocycles. The molecule has 0 saturated carbocycles. The number of anilines is 1. The molecule has 21 heavy (non-hydrogen) atoms. The molecule has 0 radical (unpaired) electrons. The van der Waals surface area contributed by atoms with E-state index in [1.165, 1.54) is 12.1 Å². The molecule has 0 aliphatic heterocycles. The molecule has 0 bridgehead atoms. The molecule has 112 valence electrons. The number of hydrogen-bond donors (Lipinski definition) is 2. The number of hydrogen-bond acceptors (Lipinski definition) is 4. The van der Waals surface area contributed by atoms with Gasteiger partial charge in [-0.2, -0.15) is 8.78 Å². The third-order valence-corrected chi connectivity index (χ3v) is 2.83. The average Bonchev–Trinajstić information content (AvgIpc) is 2.44. The first-order valence-corrected chi connectivity index (χ1v) is 6.45. The summed E-state index contributed by atoms with van der Waals surface area (Å²) in [6.07, 6.45) is -0.853. The van der Waals surface area contributed by atoms with E-state index >= 15 is 0 Å². The highest BCUT2D eigenvalue weighted by Gasteiger charge is 2.10. The zero-order chi connectivity index (χ0) is 15.2. The molecule has 1 aromatic carbocycles. The number of nitrogens with one attached hydrogen (secondary N) is 1. The molecule has 0 fully saturated rings. The third kappa shape index (κ3) is 4.68. The van der Waals surface area contributed by atoms with E-state index in [1.54, 1.807) is 18.2 Å². The fourth-order valence-electron chi connectivity index (χ4n) is 1.86. The van der Waals surface area contributed by atoms with Gasteiger partial charge in [-0.3, -0.25) is 0 Å². The maximum Gasteiger partial charge on any atom is 0.387 e. The van der Waals surface area contributed by atoms with E-state index in [1.807, 2.05) is 19.1 Å². The van der Waals surface area contributed by atoms with Crippen LogP contribution >= 0.6 is 0 Å². The minimum atomic E-state index is -2.88. The number of ether oxygens (including phenoxy) is 1. The summed E-state index contributed by atoms with van der Waals surface area (Å²) >= 11 is 0. The van der Waals surface area contributed by atoms with Gasteiger partial charge < -0.3 is 15.2 Å². The number of pyridine rings is 1. The number of aliphatic hydroxyl groups is 1. The van der Waals surface area contributed by atoms with Gasteiger partial charge in [-0.05, 0) is 36.8 Å². The molecule has 1 atom stereocenters. The predicted molar refractivity (Wildman–Crippen MR) is 75.5 cm³/mol. The fraction of sp³-hybridized carbons (Fsp3) is 0.267. The van der Waals surface area contributed by atoms with Crippen molar-refractivity contribution >= 4 is 5.82 Å². The van der Waals surface area contributed by atoms with E-state index in [0.717, 1.165) is 5.69 Å². The van der Waals surface area contributed by atoms with E-state index in [2.05, 4.69) is 15.0 Å². The average molecular weight is 294 g/mol. The summed E-state index contributed by atoms with van der Waals surface area (Å²) in [6.45, 7) is -0.798. The number of aryl methyl sites for hydroxylation is 1. The molecule has 1 aromatic heterocycles. The fourth-order valence-corrected chi connectivity index (χ4v) is 1.86. The molecule has 0 saturated heterocycles. The molecular weight excluding hydrogens is 278 g/mol. The summed E-state index contributed by atoms with van der Waals surface area (Å²) in [6, 6.07) is 11.5. The summed E-state index contributed by atoms with van der Waals surface area (Å²) in [5, 5.41) is 13.1. The van der Waals surface area contributed by atoms with Gasteiger partial charge in [0.1, 0.15) is 11.6 Å². The number of benzene rings is 1. The van der Waals surface area contributed by atoms with Crippen LogP contribution in [0.4, 0.5) is 14.6 Å². The van der Waals surface area contributed by atoms with Crippen LogP contribution in [-0.2, 0) is 0 Å². The third-order valence-electron chi connectivity index (χ3n) is 2.83. The Morgan fingerprint density at radius 2 is 2.00 bits per heavy atom. The van der Waals surface area contributed by atoms with Crippen molar-refractivity contribution < 1.29 is 18.6 Å². The van der Waals surface area contributed by atoms with Crippen molar-refractivity contribution in [2.45, 2.75) is 19.6 Å². The van der Waals surface area contributed by atoms with Crippen molar-refractivity contribution in [3.8, 4) is 5.75 Å². The predicted octanol–water partition coefficient (Wildman–Crippen LogP) is 3.14. The smallest absolute Gasteiger partial charge is 0.387 e. The molecule has 2 rings (SSSR count). The molecular formula is C15H16F2N2O2. The first-order valence-electron chi connectivity index (χ1n) is 6.45. The largest absolute Gasteiger partial charge is 0.435 e. The highest BCUT2D eigenvalue weighted by molar-refractivity contribution is 5.36. The number of nitrogens with zero attached hydrogens (tertiary/aromatic N) is 1. The monoisotopic (exact) mass is 294 g/mol. The van der Waals surface area contributed by atoms with E-state index in [-0.39, 0.29) is 12.3 Å². The Kier molecular flexibility index (Phi) is 5.05. The molecule has 0 amide bonds. The van der Waals surface area contributed by atoms with Gasteiger partial charge in [-0.15, -0.1) is 0 Å². The maximum absolute atomic E-state index is 12.2. The van der Waals surface area contributed by atoms with Gasteiger partial charge in [0.2, 0.25) is 0 Å². The summed E-state index contributed by atoms with van der Waals surface area (Å²) < 4.78 is 28.6. The zero-order valence-electron chi connectivity index (χ0n) is 11.5. The van der Waals surface area contributed by atoms with Gasteiger partial charge in [0.25, 0.3) is 0 Å². The lowest BCUT2D eigenvalue weighted by molar-refractivity contribution is -0.0499. The number of aliphatic hydroxyl groups excluding tert-OH is 1. The lowest BCUT2D eigenvalue weighted by Gasteiger charge is -2.14. The Balaban J connectivity index is 1.98. The summed E-state index contributed by atoms with van der Waals surface area (Å²) in [4.78, 5) is 4.25. The highest BCUT2D eigenvalue weighted by atomic mass is 19.3. The molecule has 0 aliphatic rings. The Morgan fingerprint density at radius 1 is 1.24 bits per heavy atom. The van der Waals surface area contributed by atoms with E-state index in [0.29, 0.717) is 11.4 Å². The van der Waals surface area contributed by atoms with Crippen LogP contribution < -0.4 is 10.1 Å². The standard InChI is InChI=1S/C15H16F2N2O2/c1-10-4-2-7-14(19-10)18-9-13(20)11-5-3-6-12(8-11)21-15(16)17/h2-8,13,15,20H,9H2,1H3,(H,18,19)/t13-/m1/s1. The lowest BCUT2D eigenvalue weighted by atomic mass is 10.1. The van der Waals surface area contributed by atoms with Crippen LogP contribution in [0, 0.1) is 6.92 Å². The molecule has 6 heteroatoms. The van der Waals surface area contributed by atoms with Crippen molar-refractivity contribution in [2.24, 2.45) is 0 Å². The number of rotatable bonds is 6. The van der Waals surface area contributed by atoms with E-state index in [4.69, 9.17) is 0 Å². The Morgan fingerprint density at radius 3 is 2.71 bits per heavy atom. The van der Waals surface area contributed by atoms with Gasteiger partial charge in [-0.1, -0.05) is 18.2 Å². The molecule has 2 aromatic rings. The first-order chi connectivity index (χ1) is 10.0. The van der Waals surface area contributed by atoms with Crippen LogP contribution in [0.1, 0.15) is 17.4 Å². The summed E-state index contributed by atoms with van der Waals surface area (Å²) in [5.74, 6) is 0.671. The minimum Gasteiger partial charge on any atom is -0.435 e. The van der Waals surface area contributed by atoms with Gasteiger partial charge in [0.15, 0.2) is 0 Å². The van der Waals surface area contributed by atoms with Crippen molar-refractivity contribution in [2.75, 3.05) is 11.9 Å². The van der Waals surface area contributed by atoms with Gasteiger partial charge in [0, 0.05) is 12.2 Å². The zero-order valence-corrected chi connectivity index (χ0v) is 11.5. The second-order valence-corrected chi connectivity index (χ2v) is 4.51. The normalized spacial score (nSPS) is 12.2. The van der Waals surface area contributed by atoms with Crippen LogP contribution in [0.3, 0.4) is 0 Å². The highest BCUT2D eigenvalue weighted by Crippen LogP contribution is 2.21. The Hall–Kier alpha value is -2.21. The molecule has 0 unspecified atom stereocenters. The van der Waals surface area contributed by atoms with Gasteiger partial charge >= 0.3 is 6.61 Å². The van der Waals surface area contributed by atoms with Gasteiger partial charge in [0.05, 0.1) is 6.10 Å². The van der Waals surface area contributed by atoms with Crippen LogP contribution in [0.15, 0.2) is 42.5 Å². The lowest BCUT2D eigenvalue weighted by Crippen LogP contribution is -2.13. The van der Waals surface area contributed by atoms with E-state index in [9.17, 15) is 13.9 Å². The SMILES string of the molecule is Cc1cccc(NC[C@@H](O)c2cccc(OC(F)F)c2)n1. The second-order valence-electron chi connectivity index (χ2n) is 4.51. The second kappa shape index (κ2) is 6.99. The molecule has 2 N–H and O–H groups in total. The number of alkyl halides is 2.